The van der Waals surface area contributed by atoms with Crippen LogP contribution in [0, 0.1) is 6.92 Å². The molecule has 0 saturated carbocycles. The van der Waals surface area contributed by atoms with Crippen LogP contribution in [0.3, 0.4) is 0 Å². The van der Waals surface area contributed by atoms with E-state index in [-0.39, 0.29) is 11.3 Å². The molecule has 0 fully saturated rings. The standard InChI is InChI=1S/C14H14BrN3O2S/c1-8-5-9(3-4-10(8)15)16-14(20)11-6-13(19)18-12(17-11)7-21-2/h3-6H,7H2,1-2H3,(H,16,20)(H,17,18,19). The number of aromatic nitrogens is 2. The zero-order valence-corrected chi connectivity index (χ0v) is 14.0. The van der Waals surface area contributed by atoms with Crippen LogP contribution >= 0.6 is 27.7 Å². The molecule has 0 bridgehead atoms. The quantitative estimate of drug-likeness (QED) is 0.870. The fourth-order valence-corrected chi connectivity index (χ4v) is 2.40. The van der Waals surface area contributed by atoms with Crippen molar-refractivity contribution in [3.8, 4) is 0 Å². The van der Waals surface area contributed by atoms with Crippen molar-refractivity contribution in [3.63, 3.8) is 0 Å². The van der Waals surface area contributed by atoms with E-state index in [4.69, 9.17) is 0 Å². The molecule has 0 saturated heterocycles. The molecule has 2 N–H and O–H groups in total. The number of aryl methyl sites for hydroxylation is 1. The van der Waals surface area contributed by atoms with E-state index in [1.807, 2.05) is 25.3 Å². The Hall–Kier alpha value is -1.60. The van der Waals surface area contributed by atoms with Crippen LogP contribution in [0.1, 0.15) is 21.9 Å². The molecule has 0 atom stereocenters. The normalized spacial score (nSPS) is 10.4. The number of aromatic amines is 1. The van der Waals surface area contributed by atoms with Gasteiger partial charge in [0, 0.05) is 16.2 Å². The summed E-state index contributed by atoms with van der Waals surface area (Å²) in [6, 6.07) is 6.68. The van der Waals surface area contributed by atoms with Crippen LogP contribution in [0.15, 0.2) is 33.5 Å². The minimum atomic E-state index is -0.398. The number of halogens is 1. The zero-order chi connectivity index (χ0) is 15.4. The molecule has 21 heavy (non-hydrogen) atoms. The van der Waals surface area contributed by atoms with E-state index in [1.165, 1.54) is 17.8 Å². The van der Waals surface area contributed by atoms with Gasteiger partial charge < -0.3 is 10.3 Å². The molecule has 1 aromatic heterocycles. The summed E-state index contributed by atoms with van der Waals surface area (Å²) >= 11 is 4.93. The smallest absolute Gasteiger partial charge is 0.274 e. The van der Waals surface area contributed by atoms with E-state index in [1.54, 1.807) is 6.07 Å². The van der Waals surface area contributed by atoms with E-state index >= 15 is 0 Å². The third kappa shape index (κ3) is 4.18. The minimum absolute atomic E-state index is 0.114. The molecule has 0 unspecified atom stereocenters. The predicted octanol–water partition coefficient (Wildman–Crippen LogP) is 2.96. The number of anilines is 1. The molecule has 1 heterocycles. The number of carbonyl (C=O) groups excluding carboxylic acids is 1. The van der Waals surface area contributed by atoms with Crippen molar-refractivity contribution in [1.82, 2.24) is 9.97 Å². The van der Waals surface area contributed by atoms with Crippen molar-refractivity contribution in [3.05, 3.63) is 56.2 Å². The highest BCUT2D eigenvalue weighted by Crippen LogP contribution is 2.20. The van der Waals surface area contributed by atoms with Gasteiger partial charge in [-0.25, -0.2) is 4.98 Å². The number of H-pyrrole nitrogens is 1. The summed E-state index contributed by atoms with van der Waals surface area (Å²) in [5.74, 6) is 0.644. The molecule has 0 aliphatic heterocycles. The van der Waals surface area contributed by atoms with Crippen molar-refractivity contribution in [1.29, 1.82) is 0 Å². The van der Waals surface area contributed by atoms with Gasteiger partial charge in [0.1, 0.15) is 11.5 Å². The molecule has 1 amide bonds. The molecule has 5 nitrogen and oxygen atoms in total. The average molecular weight is 368 g/mol. The highest BCUT2D eigenvalue weighted by Gasteiger charge is 2.11. The number of rotatable bonds is 4. The molecule has 2 rings (SSSR count). The lowest BCUT2D eigenvalue weighted by Crippen LogP contribution is -2.20. The molecule has 0 radical (unpaired) electrons. The molecule has 7 heteroatoms. The zero-order valence-electron chi connectivity index (χ0n) is 11.6. The second kappa shape index (κ2) is 6.91. The summed E-state index contributed by atoms with van der Waals surface area (Å²) in [7, 11) is 0. The minimum Gasteiger partial charge on any atom is -0.321 e. The van der Waals surface area contributed by atoms with Crippen molar-refractivity contribution >= 4 is 39.3 Å². The van der Waals surface area contributed by atoms with E-state index in [2.05, 4.69) is 31.2 Å². The molecule has 0 spiro atoms. The van der Waals surface area contributed by atoms with Gasteiger partial charge in [-0.15, -0.1) is 0 Å². The predicted molar refractivity (Wildman–Crippen MR) is 88.9 cm³/mol. The van der Waals surface area contributed by atoms with Crippen LogP contribution in [-0.4, -0.2) is 22.1 Å². The lowest BCUT2D eigenvalue weighted by Gasteiger charge is -2.07. The van der Waals surface area contributed by atoms with Crippen molar-refractivity contribution < 1.29 is 4.79 Å². The van der Waals surface area contributed by atoms with Gasteiger partial charge in [0.15, 0.2) is 0 Å². The van der Waals surface area contributed by atoms with Crippen molar-refractivity contribution in [2.24, 2.45) is 0 Å². The lowest BCUT2D eigenvalue weighted by atomic mass is 10.2. The van der Waals surface area contributed by atoms with Crippen LogP contribution in [0.4, 0.5) is 5.69 Å². The number of hydrogen-bond acceptors (Lipinski definition) is 4. The Kier molecular flexibility index (Phi) is 5.19. The van der Waals surface area contributed by atoms with Crippen LogP contribution in [0.5, 0.6) is 0 Å². The summed E-state index contributed by atoms with van der Waals surface area (Å²) in [4.78, 5) is 30.5. The largest absolute Gasteiger partial charge is 0.321 e. The SMILES string of the molecule is CSCc1nc(C(=O)Nc2ccc(Br)c(C)c2)cc(=O)[nH]1. The maximum absolute atomic E-state index is 12.2. The number of nitrogens with zero attached hydrogens (tertiary/aromatic N) is 1. The topological polar surface area (TPSA) is 74.8 Å². The third-order valence-corrected chi connectivity index (χ3v) is 4.17. The number of thioether (sulfide) groups is 1. The van der Waals surface area contributed by atoms with Gasteiger partial charge in [-0.1, -0.05) is 15.9 Å². The first-order valence-electron chi connectivity index (χ1n) is 6.16. The van der Waals surface area contributed by atoms with E-state index in [0.717, 1.165) is 10.0 Å². The summed E-state index contributed by atoms with van der Waals surface area (Å²) in [6.45, 7) is 1.93. The Morgan fingerprint density at radius 2 is 2.19 bits per heavy atom. The molecular formula is C14H14BrN3O2S. The van der Waals surface area contributed by atoms with E-state index < -0.39 is 5.91 Å². The first-order valence-corrected chi connectivity index (χ1v) is 8.35. The van der Waals surface area contributed by atoms with Gasteiger partial charge in [0.25, 0.3) is 11.5 Å². The Morgan fingerprint density at radius 3 is 2.86 bits per heavy atom. The molecule has 0 aliphatic carbocycles. The van der Waals surface area contributed by atoms with E-state index in [9.17, 15) is 9.59 Å². The average Bonchev–Trinajstić information content (AvgIpc) is 2.42. The molecule has 0 aliphatic rings. The second-order valence-corrected chi connectivity index (χ2v) is 6.15. The fourth-order valence-electron chi connectivity index (χ4n) is 1.75. The second-order valence-electron chi connectivity index (χ2n) is 4.43. The van der Waals surface area contributed by atoms with Gasteiger partial charge in [0.2, 0.25) is 0 Å². The monoisotopic (exact) mass is 367 g/mol. The van der Waals surface area contributed by atoms with Crippen LogP contribution in [-0.2, 0) is 5.75 Å². The number of nitrogens with one attached hydrogen (secondary N) is 2. The van der Waals surface area contributed by atoms with Gasteiger partial charge in [0.05, 0.1) is 5.75 Å². The molecule has 1 aromatic carbocycles. The summed E-state index contributed by atoms with van der Waals surface area (Å²) in [6.07, 6.45) is 1.90. The van der Waals surface area contributed by atoms with Crippen molar-refractivity contribution in [2.75, 3.05) is 11.6 Å². The lowest BCUT2D eigenvalue weighted by molar-refractivity contribution is 0.102. The highest BCUT2D eigenvalue weighted by atomic mass is 79.9. The number of amides is 1. The molecule has 2 aromatic rings. The van der Waals surface area contributed by atoms with Gasteiger partial charge >= 0.3 is 0 Å². The summed E-state index contributed by atoms with van der Waals surface area (Å²) in [5.41, 5.74) is 1.46. The Labute approximate surface area is 134 Å². The van der Waals surface area contributed by atoms with Gasteiger partial charge in [-0.05, 0) is 36.9 Å². The first kappa shape index (κ1) is 15.8. The first-order chi connectivity index (χ1) is 9.99. The molecule has 110 valence electrons. The van der Waals surface area contributed by atoms with Crippen molar-refractivity contribution in [2.45, 2.75) is 12.7 Å². The fraction of sp³-hybridized carbons (Fsp3) is 0.214. The number of hydrogen-bond donors (Lipinski definition) is 2. The Bertz CT molecular complexity index is 730. The Balaban J connectivity index is 2.23. The Morgan fingerprint density at radius 1 is 1.43 bits per heavy atom. The van der Waals surface area contributed by atoms with Gasteiger partial charge in [-0.2, -0.15) is 11.8 Å². The maximum Gasteiger partial charge on any atom is 0.274 e. The molecular weight excluding hydrogens is 354 g/mol. The van der Waals surface area contributed by atoms with Crippen LogP contribution in [0.25, 0.3) is 0 Å². The third-order valence-electron chi connectivity index (χ3n) is 2.72. The van der Waals surface area contributed by atoms with Gasteiger partial charge in [-0.3, -0.25) is 9.59 Å². The number of carbonyl (C=O) groups is 1. The number of benzene rings is 1. The highest BCUT2D eigenvalue weighted by molar-refractivity contribution is 9.10. The summed E-state index contributed by atoms with van der Waals surface area (Å²) < 4.78 is 0.969. The van der Waals surface area contributed by atoms with Crippen LogP contribution in [0.2, 0.25) is 0 Å². The van der Waals surface area contributed by atoms with E-state index in [0.29, 0.717) is 17.3 Å². The maximum atomic E-state index is 12.2. The van der Waals surface area contributed by atoms with Crippen LogP contribution < -0.4 is 10.9 Å². The summed E-state index contributed by atoms with van der Waals surface area (Å²) in [5, 5.41) is 2.74.